The molecule has 0 spiro atoms. The lowest BCUT2D eigenvalue weighted by molar-refractivity contribution is -0.137. The van der Waals surface area contributed by atoms with Gasteiger partial charge in [0.15, 0.2) is 5.78 Å². The molecule has 0 amide bonds. The van der Waals surface area contributed by atoms with Crippen LogP contribution in [0.3, 0.4) is 0 Å². The molecule has 0 saturated heterocycles. The number of allylic oxidation sites excluding steroid dienone is 3. The topological polar surface area (TPSA) is 111 Å². The summed E-state index contributed by atoms with van der Waals surface area (Å²) < 4.78 is 0. The molecule has 0 fully saturated rings. The van der Waals surface area contributed by atoms with Gasteiger partial charge in [0, 0.05) is 101 Å². The minimum absolute atomic E-state index is 0.0224. The third kappa shape index (κ3) is 4.65. The van der Waals surface area contributed by atoms with Crippen molar-refractivity contribution >= 4 is 29.3 Å². The first-order valence-electron chi connectivity index (χ1n) is 15.9. The highest BCUT2D eigenvalue weighted by atomic mass is 16.4. The maximum atomic E-state index is 13.5. The number of carbonyl (C=O) groups is 2. The van der Waals surface area contributed by atoms with E-state index in [-0.39, 0.29) is 30.0 Å². The number of carboxylic acid groups (broad SMARTS) is 1. The van der Waals surface area contributed by atoms with E-state index in [0.29, 0.717) is 25.2 Å². The molecule has 8 bridgehead atoms. The number of nitrogens with one attached hydrogen (secondary N) is 2. The third-order valence-electron chi connectivity index (χ3n) is 10.5. The maximum absolute atomic E-state index is 13.5. The Morgan fingerprint density at radius 1 is 1.07 bits per heavy atom. The van der Waals surface area contributed by atoms with Gasteiger partial charge >= 0.3 is 5.97 Å². The van der Waals surface area contributed by atoms with Gasteiger partial charge in [-0.15, -0.1) is 0 Å². The second-order valence-corrected chi connectivity index (χ2v) is 12.9. The second-order valence-electron chi connectivity index (χ2n) is 12.9. The van der Waals surface area contributed by atoms with Gasteiger partial charge in [-0.05, 0) is 74.8 Å². The molecule has 0 aromatic carbocycles. The number of hydrogen-bond acceptors (Lipinski definition) is 4. The van der Waals surface area contributed by atoms with E-state index in [1.807, 2.05) is 0 Å². The van der Waals surface area contributed by atoms with Gasteiger partial charge < -0.3 is 15.1 Å². The minimum atomic E-state index is -0.796. The van der Waals surface area contributed by atoms with E-state index in [9.17, 15) is 14.7 Å². The highest BCUT2D eigenvalue weighted by Crippen LogP contribution is 2.46. The van der Waals surface area contributed by atoms with Crippen LogP contribution in [0.5, 0.6) is 0 Å². The average Bonchev–Trinajstić information content (AvgIpc) is 3.69. The number of aliphatic carboxylic acids is 1. The largest absolute Gasteiger partial charge is 0.481 e. The van der Waals surface area contributed by atoms with Gasteiger partial charge in [-0.1, -0.05) is 27.2 Å². The number of H-pyrrole nitrogens is 2. The second kappa shape index (κ2) is 11.0. The summed E-state index contributed by atoms with van der Waals surface area (Å²) >= 11 is 0. The van der Waals surface area contributed by atoms with Crippen LogP contribution in [0.4, 0.5) is 0 Å². The number of aromatic nitrogens is 2. The predicted octanol–water partition coefficient (Wildman–Crippen LogP) is 7.44. The van der Waals surface area contributed by atoms with Gasteiger partial charge in [0.2, 0.25) is 0 Å². The summed E-state index contributed by atoms with van der Waals surface area (Å²) in [5.41, 5.74) is 14.5. The molecule has 2 aromatic heterocycles. The van der Waals surface area contributed by atoms with E-state index in [0.717, 1.165) is 77.4 Å². The van der Waals surface area contributed by atoms with E-state index in [1.54, 1.807) is 0 Å². The highest BCUT2D eigenvalue weighted by Gasteiger charge is 2.44. The van der Waals surface area contributed by atoms with Crippen molar-refractivity contribution in [2.24, 2.45) is 27.7 Å². The molecule has 5 heterocycles. The fourth-order valence-corrected chi connectivity index (χ4v) is 7.96. The van der Waals surface area contributed by atoms with Crippen molar-refractivity contribution in [2.75, 3.05) is 0 Å². The van der Waals surface area contributed by atoms with Gasteiger partial charge in [0.25, 0.3) is 0 Å². The Balaban J connectivity index is 1.55. The first-order chi connectivity index (χ1) is 20.1. The predicted molar refractivity (Wildman–Crippen MR) is 168 cm³/mol. The molecule has 4 aliphatic rings. The molecule has 4 atom stereocenters. The number of unbranched alkanes of at least 4 members (excludes halogenated alkanes) is 1. The van der Waals surface area contributed by atoms with Crippen LogP contribution in [-0.4, -0.2) is 38.3 Å². The van der Waals surface area contributed by atoms with Gasteiger partial charge in [-0.3, -0.25) is 19.6 Å². The van der Waals surface area contributed by atoms with Crippen LogP contribution >= 0.6 is 0 Å². The summed E-state index contributed by atoms with van der Waals surface area (Å²) in [4.78, 5) is 43.1. The summed E-state index contributed by atoms with van der Waals surface area (Å²) in [5.74, 6) is -0.449. The number of carboxylic acids is 1. The zero-order chi connectivity index (χ0) is 29.9. The first kappa shape index (κ1) is 28.6. The number of rotatable bonds is 7. The molecule has 7 nitrogen and oxygen atoms in total. The van der Waals surface area contributed by atoms with Crippen molar-refractivity contribution in [3.63, 3.8) is 0 Å². The Labute approximate surface area is 248 Å². The van der Waals surface area contributed by atoms with Crippen molar-refractivity contribution in [3.05, 3.63) is 62.0 Å². The summed E-state index contributed by atoms with van der Waals surface area (Å²) in [6, 6.07) is 0. The Hall–Kier alpha value is -3.48. The van der Waals surface area contributed by atoms with Crippen molar-refractivity contribution in [3.8, 4) is 0 Å². The summed E-state index contributed by atoms with van der Waals surface area (Å²) in [5, 5.41) is 9.56. The lowest BCUT2D eigenvalue weighted by atomic mass is 9.81. The SMILES string of the molecule is CCCCc1c2[nH]c(c1C)C=C1N=C(C3CC(=O)c4c3[nH]c(c4C)CC3=NC(=C(C)C3CC)C2)[C@@H](CCC(=O)O)C1C. The number of fused-ring (bicyclic) bond motifs is 6. The molecule has 42 heavy (non-hydrogen) atoms. The Morgan fingerprint density at radius 3 is 2.57 bits per heavy atom. The van der Waals surface area contributed by atoms with E-state index in [2.05, 4.69) is 57.6 Å². The maximum Gasteiger partial charge on any atom is 0.303 e. The fraction of sp³-hybridized carbons (Fsp3) is 0.543. The van der Waals surface area contributed by atoms with E-state index in [4.69, 9.17) is 9.98 Å². The highest BCUT2D eigenvalue weighted by molar-refractivity contribution is 6.11. The Morgan fingerprint density at radius 2 is 1.86 bits per heavy atom. The van der Waals surface area contributed by atoms with Crippen LogP contribution in [0.15, 0.2) is 27.0 Å². The van der Waals surface area contributed by atoms with Gasteiger partial charge in [-0.25, -0.2) is 0 Å². The van der Waals surface area contributed by atoms with Crippen molar-refractivity contribution < 1.29 is 14.7 Å². The first-order valence-corrected chi connectivity index (χ1v) is 15.9. The Kier molecular flexibility index (Phi) is 7.48. The molecule has 3 aliphatic heterocycles. The zero-order valence-electron chi connectivity index (χ0n) is 25.9. The van der Waals surface area contributed by atoms with Crippen molar-refractivity contribution in [1.29, 1.82) is 0 Å². The number of ketones is 1. The smallest absolute Gasteiger partial charge is 0.303 e. The lowest BCUT2D eigenvalue weighted by Gasteiger charge is -2.21. The number of aliphatic imine (C=N–C) groups is 2. The third-order valence-corrected chi connectivity index (χ3v) is 10.5. The van der Waals surface area contributed by atoms with Crippen LogP contribution in [0.25, 0.3) is 6.08 Å². The van der Waals surface area contributed by atoms with Crippen LogP contribution in [0, 0.1) is 31.6 Å². The monoisotopic (exact) mass is 568 g/mol. The molecule has 0 saturated carbocycles. The quantitative estimate of drug-likeness (QED) is 0.323. The molecule has 0 radical (unpaired) electrons. The Bertz CT molecular complexity index is 1590. The van der Waals surface area contributed by atoms with E-state index < -0.39 is 5.97 Å². The minimum Gasteiger partial charge on any atom is -0.481 e. The van der Waals surface area contributed by atoms with Crippen molar-refractivity contribution in [1.82, 2.24) is 9.97 Å². The van der Waals surface area contributed by atoms with Crippen LogP contribution in [0.2, 0.25) is 0 Å². The molecule has 3 N–H and O–H groups in total. The van der Waals surface area contributed by atoms with Gasteiger partial charge in [-0.2, -0.15) is 0 Å². The normalized spacial score (nSPS) is 24.8. The molecule has 1 aliphatic carbocycles. The molecular weight excluding hydrogens is 524 g/mol. The molecule has 222 valence electrons. The number of carbonyl (C=O) groups excluding carboxylic acids is 1. The standard InChI is InChI=1S/C35H44N4O3/c1-7-9-10-22-18(4)25-14-27-19(5)23(11-12-32(41)42)34(38-27)24-13-31(40)33-20(6)28(39-35(24)33)16-29-21(8-2)17(3)26(36-29)15-30(22)37-25/h14,19,21,23-24,37,39H,7-13,15-16H2,1-6H3,(H,41,42)/t19?,21?,23-,24?/m0/s1. The van der Waals surface area contributed by atoms with E-state index >= 15 is 0 Å². The summed E-state index contributed by atoms with van der Waals surface area (Å²) in [6.07, 6.45) is 8.95. The number of nitrogens with zero attached hydrogens (tertiary/aromatic N) is 2. The van der Waals surface area contributed by atoms with Gasteiger partial charge in [0.05, 0.1) is 0 Å². The van der Waals surface area contributed by atoms with Gasteiger partial charge in [0.1, 0.15) is 0 Å². The molecule has 3 unspecified atom stereocenters. The summed E-state index contributed by atoms with van der Waals surface area (Å²) in [6.45, 7) is 13.1. The van der Waals surface area contributed by atoms with Crippen molar-refractivity contribution in [2.45, 2.75) is 105 Å². The molecular formula is C35H44N4O3. The van der Waals surface area contributed by atoms with E-state index in [1.165, 1.54) is 28.1 Å². The zero-order valence-corrected chi connectivity index (χ0v) is 25.9. The molecule has 6 rings (SSSR count). The molecule has 7 heteroatoms. The average molecular weight is 569 g/mol. The van der Waals surface area contributed by atoms with Crippen LogP contribution in [0.1, 0.15) is 122 Å². The fourth-order valence-electron chi connectivity index (χ4n) is 7.96. The number of hydrogen-bond donors (Lipinski definition) is 3. The van der Waals surface area contributed by atoms with Crippen LogP contribution < -0.4 is 0 Å². The lowest BCUT2D eigenvalue weighted by Crippen LogP contribution is -2.23. The molecule has 2 aromatic rings. The van der Waals surface area contributed by atoms with Crippen LogP contribution in [-0.2, 0) is 24.1 Å². The number of Topliss-reactive ketones (excluding diaryl/α,β-unsaturated/α-hetero) is 1. The summed E-state index contributed by atoms with van der Waals surface area (Å²) in [7, 11) is 0. The number of aromatic amines is 2.